The molecule has 0 saturated heterocycles. The Bertz CT molecular complexity index is 1770. The molecule has 0 fully saturated rings. The lowest BCUT2D eigenvalue weighted by Gasteiger charge is -2.09. The quantitative estimate of drug-likeness (QED) is 0.254. The number of nitrogens with one attached hydrogen (secondary N) is 3. The first-order chi connectivity index (χ1) is 18.0. The van der Waals surface area contributed by atoms with Crippen molar-refractivity contribution >= 4 is 33.5 Å². The summed E-state index contributed by atoms with van der Waals surface area (Å²) in [5.41, 5.74) is 7.45. The van der Waals surface area contributed by atoms with Gasteiger partial charge in [-0.3, -0.25) is 14.9 Å². The molecule has 6 rings (SSSR count). The first-order valence-electron chi connectivity index (χ1n) is 11.9. The van der Waals surface area contributed by atoms with E-state index >= 15 is 0 Å². The Labute approximate surface area is 211 Å². The molecule has 2 aromatic carbocycles. The van der Waals surface area contributed by atoms with Gasteiger partial charge in [0.15, 0.2) is 5.65 Å². The van der Waals surface area contributed by atoms with Gasteiger partial charge in [0.2, 0.25) is 5.91 Å². The van der Waals surface area contributed by atoms with Crippen LogP contribution < -0.4 is 5.32 Å². The lowest BCUT2D eigenvalue weighted by molar-refractivity contribution is -0.118. The van der Waals surface area contributed by atoms with Gasteiger partial charge < -0.3 is 10.3 Å². The number of carbonyl (C=O) groups excluding carboxylic acids is 1. The predicted molar refractivity (Wildman–Crippen MR) is 143 cm³/mol. The SMILES string of the molecule is CC(C)C(=O)Nc1cncc(-c2cnc3[nH]nc(-c4cc5c(-c6ccc(F)cc6)cccc5[nH]4)c3c2)c1. The van der Waals surface area contributed by atoms with Crippen molar-refractivity contribution in [3.63, 3.8) is 0 Å². The standard InChI is InChI=1S/C29H23FN6O/c1-16(2)29(37)33-21-10-18(13-31-15-21)19-11-24-27(35-36-28(24)32-14-19)26-12-23-22(4-3-5-25(23)34-26)17-6-8-20(30)9-7-17/h3-16,34H,1-2H3,(H,33,37)(H,32,35,36). The van der Waals surface area contributed by atoms with Crippen molar-refractivity contribution in [3.8, 4) is 33.6 Å². The Morgan fingerprint density at radius 3 is 2.54 bits per heavy atom. The molecule has 4 heterocycles. The van der Waals surface area contributed by atoms with Crippen LogP contribution >= 0.6 is 0 Å². The number of H-pyrrole nitrogens is 2. The molecule has 0 unspecified atom stereocenters. The van der Waals surface area contributed by atoms with Gasteiger partial charge in [-0.2, -0.15) is 5.10 Å². The number of anilines is 1. The summed E-state index contributed by atoms with van der Waals surface area (Å²) in [6.45, 7) is 3.69. The number of halogens is 1. The minimum absolute atomic E-state index is 0.0662. The van der Waals surface area contributed by atoms with Gasteiger partial charge in [0.05, 0.1) is 17.6 Å². The van der Waals surface area contributed by atoms with E-state index in [2.05, 4.69) is 36.5 Å². The van der Waals surface area contributed by atoms with Crippen LogP contribution in [-0.4, -0.2) is 31.1 Å². The third-order valence-electron chi connectivity index (χ3n) is 6.35. The number of carbonyl (C=O) groups is 1. The van der Waals surface area contributed by atoms with Crippen molar-refractivity contribution in [2.45, 2.75) is 13.8 Å². The predicted octanol–water partition coefficient (Wildman–Crippen LogP) is 6.57. The lowest BCUT2D eigenvalue weighted by Crippen LogP contribution is -2.17. The molecule has 0 aliphatic heterocycles. The number of aromatic amines is 2. The third-order valence-corrected chi connectivity index (χ3v) is 6.35. The Hall–Kier alpha value is -4.85. The second-order valence-electron chi connectivity index (χ2n) is 9.26. The topological polar surface area (TPSA) is 99.3 Å². The summed E-state index contributed by atoms with van der Waals surface area (Å²) in [5, 5.41) is 12.3. The highest BCUT2D eigenvalue weighted by molar-refractivity contribution is 6.01. The van der Waals surface area contributed by atoms with Crippen LogP contribution in [0.5, 0.6) is 0 Å². The van der Waals surface area contributed by atoms with Crippen LogP contribution in [0.3, 0.4) is 0 Å². The maximum Gasteiger partial charge on any atom is 0.226 e. The third kappa shape index (κ3) is 4.23. The van der Waals surface area contributed by atoms with Crippen LogP contribution in [0.1, 0.15) is 13.8 Å². The Balaban J connectivity index is 1.41. The molecule has 4 aromatic heterocycles. The van der Waals surface area contributed by atoms with Gasteiger partial charge >= 0.3 is 0 Å². The van der Waals surface area contributed by atoms with E-state index in [0.29, 0.717) is 11.3 Å². The average molecular weight is 491 g/mol. The van der Waals surface area contributed by atoms with Gasteiger partial charge in [-0.15, -0.1) is 0 Å². The number of rotatable bonds is 5. The van der Waals surface area contributed by atoms with Gasteiger partial charge in [0, 0.05) is 45.7 Å². The van der Waals surface area contributed by atoms with Gasteiger partial charge in [0.25, 0.3) is 0 Å². The van der Waals surface area contributed by atoms with Gasteiger partial charge in [0.1, 0.15) is 11.5 Å². The zero-order valence-electron chi connectivity index (χ0n) is 20.2. The fraction of sp³-hybridized carbons (Fsp3) is 0.103. The molecule has 6 aromatic rings. The average Bonchev–Trinajstić information content (AvgIpc) is 3.53. The molecule has 3 N–H and O–H groups in total. The van der Waals surface area contributed by atoms with E-state index in [4.69, 9.17) is 0 Å². The minimum atomic E-state index is -0.264. The van der Waals surface area contributed by atoms with E-state index in [1.807, 2.05) is 44.2 Å². The van der Waals surface area contributed by atoms with Crippen LogP contribution in [0.15, 0.2) is 79.3 Å². The van der Waals surface area contributed by atoms with E-state index in [0.717, 1.165) is 49.9 Å². The fourth-order valence-electron chi connectivity index (χ4n) is 4.38. The number of aromatic nitrogens is 5. The molecule has 1 amide bonds. The van der Waals surface area contributed by atoms with Crippen molar-refractivity contribution < 1.29 is 9.18 Å². The van der Waals surface area contributed by atoms with Crippen LogP contribution in [0.25, 0.3) is 55.6 Å². The van der Waals surface area contributed by atoms with E-state index in [1.165, 1.54) is 12.1 Å². The number of benzene rings is 2. The Morgan fingerprint density at radius 2 is 1.73 bits per heavy atom. The van der Waals surface area contributed by atoms with Crippen molar-refractivity contribution in [2.75, 3.05) is 5.32 Å². The van der Waals surface area contributed by atoms with E-state index in [1.54, 1.807) is 30.7 Å². The highest BCUT2D eigenvalue weighted by atomic mass is 19.1. The molecule has 0 bridgehead atoms. The summed E-state index contributed by atoms with van der Waals surface area (Å²) >= 11 is 0. The maximum atomic E-state index is 13.5. The Morgan fingerprint density at radius 1 is 0.919 bits per heavy atom. The van der Waals surface area contributed by atoms with E-state index < -0.39 is 0 Å². The molecule has 8 heteroatoms. The zero-order chi connectivity index (χ0) is 25.5. The second-order valence-corrected chi connectivity index (χ2v) is 9.26. The molecular formula is C29H23FN6O. The first kappa shape index (κ1) is 22.6. The van der Waals surface area contributed by atoms with E-state index in [9.17, 15) is 9.18 Å². The molecule has 7 nitrogen and oxygen atoms in total. The molecule has 0 spiro atoms. The van der Waals surface area contributed by atoms with Crippen LogP contribution in [0.4, 0.5) is 10.1 Å². The van der Waals surface area contributed by atoms with Gasteiger partial charge in [-0.25, -0.2) is 9.37 Å². The van der Waals surface area contributed by atoms with Crippen LogP contribution in [0, 0.1) is 11.7 Å². The monoisotopic (exact) mass is 490 g/mol. The summed E-state index contributed by atoms with van der Waals surface area (Å²) in [6, 6.07) is 18.4. The van der Waals surface area contributed by atoms with E-state index in [-0.39, 0.29) is 17.6 Å². The molecule has 0 aliphatic carbocycles. The molecular weight excluding hydrogens is 467 g/mol. The fourth-order valence-corrected chi connectivity index (χ4v) is 4.38. The van der Waals surface area contributed by atoms with Gasteiger partial charge in [-0.05, 0) is 47.5 Å². The van der Waals surface area contributed by atoms with Crippen molar-refractivity contribution in [3.05, 3.63) is 85.1 Å². The summed E-state index contributed by atoms with van der Waals surface area (Å²) in [7, 11) is 0. The lowest BCUT2D eigenvalue weighted by atomic mass is 10.0. The number of fused-ring (bicyclic) bond motifs is 2. The van der Waals surface area contributed by atoms with Crippen molar-refractivity contribution in [1.29, 1.82) is 0 Å². The number of hydrogen-bond donors (Lipinski definition) is 3. The van der Waals surface area contributed by atoms with Gasteiger partial charge in [-0.1, -0.05) is 38.1 Å². The smallest absolute Gasteiger partial charge is 0.226 e. The van der Waals surface area contributed by atoms with Crippen molar-refractivity contribution in [2.24, 2.45) is 5.92 Å². The maximum absolute atomic E-state index is 13.5. The summed E-state index contributed by atoms with van der Waals surface area (Å²) in [5.74, 6) is -0.460. The molecule has 0 atom stereocenters. The highest BCUT2D eigenvalue weighted by Crippen LogP contribution is 2.35. The zero-order valence-corrected chi connectivity index (χ0v) is 20.2. The molecule has 0 radical (unpaired) electrons. The van der Waals surface area contributed by atoms with Crippen LogP contribution in [0.2, 0.25) is 0 Å². The minimum Gasteiger partial charge on any atom is -0.353 e. The number of nitrogens with zero attached hydrogens (tertiary/aromatic N) is 3. The second kappa shape index (κ2) is 8.98. The molecule has 0 saturated carbocycles. The Kier molecular flexibility index (Phi) is 5.49. The van der Waals surface area contributed by atoms with Crippen molar-refractivity contribution in [1.82, 2.24) is 25.1 Å². The van der Waals surface area contributed by atoms with Crippen LogP contribution in [-0.2, 0) is 4.79 Å². The first-order valence-corrected chi connectivity index (χ1v) is 11.9. The number of amides is 1. The number of pyridine rings is 2. The summed E-state index contributed by atoms with van der Waals surface area (Å²) < 4.78 is 13.5. The molecule has 0 aliphatic rings. The highest BCUT2D eigenvalue weighted by Gasteiger charge is 2.16. The molecule has 182 valence electrons. The largest absolute Gasteiger partial charge is 0.353 e. The number of hydrogen-bond acceptors (Lipinski definition) is 4. The summed E-state index contributed by atoms with van der Waals surface area (Å²) in [4.78, 5) is 24.5. The summed E-state index contributed by atoms with van der Waals surface area (Å²) in [6.07, 6.45) is 5.13. The normalized spacial score (nSPS) is 11.5. The molecule has 37 heavy (non-hydrogen) atoms.